The molecule has 0 aliphatic carbocycles. The molecule has 6 nitrogen and oxygen atoms in total. The number of amides is 1. The third kappa shape index (κ3) is 4.62. The number of para-hydroxylation sites is 1. The van der Waals surface area contributed by atoms with Crippen molar-refractivity contribution in [2.45, 2.75) is 38.6 Å². The van der Waals surface area contributed by atoms with E-state index < -0.39 is 0 Å². The van der Waals surface area contributed by atoms with Gasteiger partial charge < -0.3 is 15.0 Å². The van der Waals surface area contributed by atoms with E-state index in [1.807, 2.05) is 59.7 Å². The summed E-state index contributed by atoms with van der Waals surface area (Å²) in [7, 11) is 1.66. The van der Waals surface area contributed by atoms with E-state index in [1.165, 1.54) is 0 Å². The Morgan fingerprint density at radius 3 is 2.90 bits per heavy atom. The van der Waals surface area contributed by atoms with Gasteiger partial charge in [-0.1, -0.05) is 24.3 Å². The fourth-order valence-corrected chi connectivity index (χ4v) is 4.59. The molecule has 1 aliphatic rings. The van der Waals surface area contributed by atoms with E-state index in [2.05, 4.69) is 10.3 Å². The van der Waals surface area contributed by atoms with Gasteiger partial charge in [-0.2, -0.15) is 0 Å². The predicted molar refractivity (Wildman–Crippen MR) is 119 cm³/mol. The number of benzene rings is 1. The van der Waals surface area contributed by atoms with Crippen molar-refractivity contribution < 1.29 is 9.53 Å². The molecule has 1 aromatic carbocycles. The quantitative estimate of drug-likeness (QED) is 0.587. The van der Waals surface area contributed by atoms with Crippen molar-refractivity contribution in [1.29, 1.82) is 0 Å². The van der Waals surface area contributed by atoms with E-state index in [0.717, 1.165) is 53.0 Å². The second-order valence-corrected chi connectivity index (χ2v) is 8.28. The molecule has 0 unspecified atom stereocenters. The monoisotopic (exact) mass is 422 g/mol. The van der Waals surface area contributed by atoms with Gasteiger partial charge in [-0.3, -0.25) is 4.79 Å². The van der Waals surface area contributed by atoms with E-state index in [4.69, 9.17) is 9.72 Å². The van der Waals surface area contributed by atoms with E-state index >= 15 is 0 Å². The molecule has 1 N–H and O–H groups in total. The normalized spacial score (nSPS) is 15.9. The van der Waals surface area contributed by atoms with Crippen LogP contribution < -0.4 is 10.1 Å². The highest BCUT2D eigenvalue weighted by Gasteiger charge is 2.30. The van der Waals surface area contributed by atoms with Crippen LogP contribution in [0.2, 0.25) is 0 Å². The van der Waals surface area contributed by atoms with Crippen LogP contribution in [0.4, 0.5) is 10.9 Å². The maximum Gasteiger partial charge on any atom is 0.223 e. The highest BCUT2D eigenvalue weighted by molar-refractivity contribution is 7.13. The minimum atomic E-state index is 0.0231. The number of hydrogen-bond donors (Lipinski definition) is 1. The van der Waals surface area contributed by atoms with Gasteiger partial charge in [0.1, 0.15) is 11.6 Å². The van der Waals surface area contributed by atoms with Crippen LogP contribution in [0.1, 0.15) is 42.3 Å². The lowest BCUT2D eigenvalue weighted by atomic mass is 10.1. The van der Waals surface area contributed by atoms with E-state index in [1.54, 1.807) is 18.4 Å². The van der Waals surface area contributed by atoms with Crippen molar-refractivity contribution in [2.75, 3.05) is 19.0 Å². The number of pyridine rings is 1. The highest BCUT2D eigenvalue weighted by Crippen LogP contribution is 2.33. The van der Waals surface area contributed by atoms with Gasteiger partial charge >= 0.3 is 0 Å². The molecule has 156 valence electrons. The summed E-state index contributed by atoms with van der Waals surface area (Å²) in [6.45, 7) is 2.75. The van der Waals surface area contributed by atoms with Crippen LogP contribution in [0.15, 0.2) is 47.8 Å². The Kier molecular flexibility index (Phi) is 6.28. The molecule has 7 heteroatoms. The van der Waals surface area contributed by atoms with Gasteiger partial charge in [0.05, 0.1) is 24.5 Å². The molecule has 4 rings (SSSR count). The summed E-state index contributed by atoms with van der Waals surface area (Å²) in [4.78, 5) is 24.2. The van der Waals surface area contributed by atoms with Crippen molar-refractivity contribution in [1.82, 2.24) is 14.9 Å². The second kappa shape index (κ2) is 9.26. The third-order valence-electron chi connectivity index (χ3n) is 5.34. The topological polar surface area (TPSA) is 67.3 Å². The van der Waals surface area contributed by atoms with Gasteiger partial charge in [0, 0.05) is 18.3 Å². The molecule has 3 aromatic rings. The highest BCUT2D eigenvalue weighted by atomic mass is 32.1. The lowest BCUT2D eigenvalue weighted by Crippen LogP contribution is -2.31. The third-order valence-corrected chi connectivity index (χ3v) is 6.22. The molecule has 30 heavy (non-hydrogen) atoms. The molecule has 1 atom stereocenters. The molecule has 0 saturated carbocycles. The van der Waals surface area contributed by atoms with E-state index in [0.29, 0.717) is 12.8 Å². The Labute approximate surface area is 180 Å². The number of anilines is 2. The van der Waals surface area contributed by atoms with Gasteiger partial charge in [-0.15, -0.1) is 11.3 Å². The Morgan fingerprint density at radius 2 is 2.10 bits per heavy atom. The van der Waals surface area contributed by atoms with Crippen LogP contribution >= 0.6 is 11.3 Å². The zero-order chi connectivity index (χ0) is 20.9. The molecule has 0 bridgehead atoms. The summed E-state index contributed by atoms with van der Waals surface area (Å²) < 4.78 is 5.41. The smallest absolute Gasteiger partial charge is 0.223 e. The molecule has 2 aromatic heterocycles. The standard InChI is InChI=1S/C23H26N4O2S/c1-16-15-30-23(24-16)26-21-11-5-8-18(25-21)19-9-6-14-27(19)22(28)13-12-17-7-3-4-10-20(17)29-2/h3-5,7-8,10-11,15,19H,6,9,12-14H2,1-2H3,(H,24,25,26)/t19-/m0/s1. The average molecular weight is 423 g/mol. The first-order valence-corrected chi connectivity index (χ1v) is 11.1. The van der Waals surface area contributed by atoms with Gasteiger partial charge in [0.25, 0.3) is 0 Å². The number of hydrogen-bond acceptors (Lipinski definition) is 6. The lowest BCUT2D eigenvalue weighted by molar-refractivity contribution is -0.132. The van der Waals surface area contributed by atoms with Crippen LogP contribution in [-0.4, -0.2) is 34.4 Å². The summed E-state index contributed by atoms with van der Waals surface area (Å²) in [5, 5.41) is 6.10. The van der Waals surface area contributed by atoms with Gasteiger partial charge in [0.2, 0.25) is 5.91 Å². The fourth-order valence-electron chi connectivity index (χ4n) is 3.90. The summed E-state index contributed by atoms with van der Waals surface area (Å²) >= 11 is 1.56. The number of carbonyl (C=O) groups excluding carboxylic acids is 1. The zero-order valence-electron chi connectivity index (χ0n) is 17.3. The van der Waals surface area contributed by atoms with Crippen molar-refractivity contribution >= 4 is 28.2 Å². The van der Waals surface area contributed by atoms with Crippen molar-refractivity contribution in [2.24, 2.45) is 0 Å². The Hall–Kier alpha value is -2.93. The molecule has 0 spiro atoms. The Morgan fingerprint density at radius 1 is 1.23 bits per heavy atom. The maximum absolute atomic E-state index is 13.0. The summed E-state index contributed by atoms with van der Waals surface area (Å²) in [6.07, 6.45) is 3.07. The summed E-state index contributed by atoms with van der Waals surface area (Å²) in [6, 6.07) is 13.8. The number of nitrogens with one attached hydrogen (secondary N) is 1. The SMILES string of the molecule is COc1ccccc1CCC(=O)N1CCC[C@H]1c1cccc(Nc2nc(C)cs2)n1. The molecular formula is C23H26N4O2S. The average Bonchev–Trinajstić information content (AvgIpc) is 3.41. The minimum absolute atomic E-state index is 0.0231. The second-order valence-electron chi connectivity index (χ2n) is 7.42. The van der Waals surface area contributed by atoms with Crippen LogP contribution in [0, 0.1) is 6.92 Å². The first-order valence-electron chi connectivity index (χ1n) is 10.2. The van der Waals surface area contributed by atoms with Crippen LogP contribution in [0.3, 0.4) is 0 Å². The Balaban J connectivity index is 1.44. The van der Waals surface area contributed by atoms with Crippen molar-refractivity contribution in [3.8, 4) is 5.75 Å². The largest absolute Gasteiger partial charge is 0.496 e. The number of likely N-dealkylation sites (tertiary alicyclic amines) is 1. The number of aryl methyl sites for hydroxylation is 2. The molecule has 1 aliphatic heterocycles. The summed E-state index contributed by atoms with van der Waals surface area (Å²) in [5.74, 6) is 1.76. The van der Waals surface area contributed by atoms with Crippen LogP contribution in [-0.2, 0) is 11.2 Å². The summed E-state index contributed by atoms with van der Waals surface area (Å²) in [5.41, 5.74) is 2.98. The first kappa shape index (κ1) is 20.3. The number of rotatable bonds is 7. The number of thiazole rings is 1. The zero-order valence-corrected chi connectivity index (χ0v) is 18.1. The molecule has 1 fully saturated rings. The van der Waals surface area contributed by atoms with E-state index in [-0.39, 0.29) is 11.9 Å². The number of methoxy groups -OCH3 is 1. The molecule has 3 heterocycles. The van der Waals surface area contributed by atoms with Crippen LogP contribution in [0.25, 0.3) is 0 Å². The number of nitrogens with zero attached hydrogens (tertiary/aromatic N) is 3. The van der Waals surface area contributed by atoms with Gasteiger partial charge in [-0.25, -0.2) is 9.97 Å². The van der Waals surface area contributed by atoms with Crippen LogP contribution in [0.5, 0.6) is 5.75 Å². The maximum atomic E-state index is 13.0. The van der Waals surface area contributed by atoms with Gasteiger partial charge in [-0.05, 0) is 49.9 Å². The number of carbonyl (C=O) groups is 1. The van der Waals surface area contributed by atoms with E-state index in [9.17, 15) is 4.79 Å². The Bertz CT molecular complexity index is 1020. The van der Waals surface area contributed by atoms with Crippen molar-refractivity contribution in [3.05, 3.63) is 64.8 Å². The lowest BCUT2D eigenvalue weighted by Gasteiger charge is -2.25. The predicted octanol–water partition coefficient (Wildman–Crippen LogP) is 4.90. The molecule has 1 amide bonds. The number of aromatic nitrogens is 2. The van der Waals surface area contributed by atoms with Crippen molar-refractivity contribution in [3.63, 3.8) is 0 Å². The molecular weight excluding hydrogens is 396 g/mol. The number of ether oxygens (including phenoxy) is 1. The molecule has 0 radical (unpaired) electrons. The first-order chi connectivity index (χ1) is 14.6. The van der Waals surface area contributed by atoms with Gasteiger partial charge in [0.15, 0.2) is 5.13 Å². The molecule has 1 saturated heterocycles. The minimum Gasteiger partial charge on any atom is -0.496 e. The fraction of sp³-hybridized carbons (Fsp3) is 0.348.